The Morgan fingerprint density at radius 1 is 1.00 bits per heavy atom. The zero-order chi connectivity index (χ0) is 24.6. The fourth-order valence-electron chi connectivity index (χ4n) is 2.97. The maximum atomic E-state index is 12.4. The Bertz CT molecular complexity index is 1240. The van der Waals surface area contributed by atoms with E-state index in [1.54, 1.807) is 24.3 Å². The first-order chi connectivity index (χ1) is 16.3. The summed E-state index contributed by atoms with van der Waals surface area (Å²) in [6.45, 7) is 2.79. The van der Waals surface area contributed by atoms with Gasteiger partial charge in [0.15, 0.2) is 11.5 Å². The van der Waals surface area contributed by atoms with Gasteiger partial charge in [-0.2, -0.15) is 5.10 Å². The van der Waals surface area contributed by atoms with E-state index in [1.165, 1.54) is 25.4 Å². The average molecular weight is 482 g/mol. The Morgan fingerprint density at radius 2 is 1.71 bits per heavy atom. The van der Waals surface area contributed by atoms with Crippen LogP contribution < -0.4 is 19.2 Å². The molecule has 1 amide bonds. The second-order valence-electron chi connectivity index (χ2n) is 7.39. The van der Waals surface area contributed by atoms with Gasteiger partial charge in [-0.3, -0.25) is 9.10 Å². The third kappa shape index (κ3) is 6.82. The van der Waals surface area contributed by atoms with Gasteiger partial charge in [0.2, 0.25) is 10.0 Å². The van der Waals surface area contributed by atoms with Crippen molar-refractivity contribution in [2.45, 2.75) is 13.5 Å². The van der Waals surface area contributed by atoms with Gasteiger partial charge in [0.25, 0.3) is 5.91 Å². The molecule has 34 heavy (non-hydrogen) atoms. The van der Waals surface area contributed by atoms with Gasteiger partial charge in [0.05, 0.1) is 24.8 Å². The van der Waals surface area contributed by atoms with Crippen LogP contribution >= 0.6 is 0 Å². The molecule has 3 aromatic rings. The number of hydrazone groups is 1. The Kier molecular flexibility index (Phi) is 8.26. The summed E-state index contributed by atoms with van der Waals surface area (Å²) in [7, 11) is -1.92. The normalized spacial score (nSPS) is 11.3. The molecule has 0 unspecified atom stereocenters. The van der Waals surface area contributed by atoms with Gasteiger partial charge >= 0.3 is 0 Å². The van der Waals surface area contributed by atoms with Gasteiger partial charge < -0.3 is 9.47 Å². The number of nitrogens with zero attached hydrogens (tertiary/aromatic N) is 2. The predicted molar refractivity (Wildman–Crippen MR) is 133 cm³/mol. The van der Waals surface area contributed by atoms with Crippen LogP contribution in [0.15, 0.2) is 77.9 Å². The lowest BCUT2D eigenvalue weighted by atomic mass is 10.2. The Hall–Kier alpha value is -3.85. The molecule has 0 fully saturated rings. The van der Waals surface area contributed by atoms with Gasteiger partial charge in [-0.1, -0.05) is 30.3 Å². The number of nitrogens with one attached hydrogen (secondary N) is 1. The standard InChI is InChI=1S/C25H27N3O5S/c1-4-32-24-16-20(10-15-23(24)33-18-19-8-6-5-7-9-19)17-26-27-25(29)21-11-13-22(14-12-21)28(2)34(3,30)31/h5-17H,4,18H2,1-3H3,(H,27,29)/b26-17-. The molecule has 8 nitrogen and oxygen atoms in total. The summed E-state index contributed by atoms with van der Waals surface area (Å²) in [6, 6.07) is 21.4. The molecule has 0 radical (unpaired) electrons. The third-order valence-electron chi connectivity index (χ3n) is 4.88. The van der Waals surface area contributed by atoms with Crippen molar-refractivity contribution >= 4 is 27.8 Å². The fraction of sp³-hybridized carbons (Fsp3) is 0.200. The summed E-state index contributed by atoms with van der Waals surface area (Å²) in [5.41, 5.74) is 5.05. The van der Waals surface area contributed by atoms with E-state index < -0.39 is 15.9 Å². The number of hydrogen-bond acceptors (Lipinski definition) is 6. The zero-order valence-corrected chi connectivity index (χ0v) is 20.1. The van der Waals surface area contributed by atoms with Gasteiger partial charge in [-0.05, 0) is 60.5 Å². The molecule has 3 rings (SSSR count). The highest BCUT2D eigenvalue weighted by Gasteiger charge is 2.13. The van der Waals surface area contributed by atoms with Gasteiger partial charge in [0.1, 0.15) is 6.61 Å². The third-order valence-corrected chi connectivity index (χ3v) is 6.08. The topological polar surface area (TPSA) is 97.3 Å². The highest BCUT2D eigenvalue weighted by Crippen LogP contribution is 2.29. The zero-order valence-electron chi connectivity index (χ0n) is 19.3. The lowest BCUT2D eigenvalue weighted by Crippen LogP contribution is -2.25. The number of anilines is 1. The molecule has 0 aliphatic heterocycles. The van der Waals surface area contributed by atoms with E-state index in [4.69, 9.17) is 9.47 Å². The Morgan fingerprint density at radius 3 is 2.35 bits per heavy atom. The first kappa shape index (κ1) is 24.8. The second kappa shape index (κ2) is 11.3. The quantitative estimate of drug-likeness (QED) is 0.351. The average Bonchev–Trinajstić information content (AvgIpc) is 2.83. The number of hydrogen-bond donors (Lipinski definition) is 1. The van der Waals surface area contributed by atoms with Crippen LogP contribution in [0.25, 0.3) is 0 Å². The molecule has 0 saturated carbocycles. The molecule has 0 spiro atoms. The molecule has 0 heterocycles. The van der Waals surface area contributed by atoms with Crippen molar-refractivity contribution in [2.75, 3.05) is 24.2 Å². The molecule has 0 aromatic heterocycles. The molecule has 0 saturated heterocycles. The van der Waals surface area contributed by atoms with Crippen LogP contribution in [0.1, 0.15) is 28.4 Å². The van der Waals surface area contributed by atoms with Crippen LogP contribution in [-0.4, -0.2) is 40.4 Å². The van der Waals surface area contributed by atoms with E-state index in [2.05, 4.69) is 10.5 Å². The highest BCUT2D eigenvalue weighted by molar-refractivity contribution is 7.92. The molecule has 178 valence electrons. The lowest BCUT2D eigenvalue weighted by Gasteiger charge is -2.16. The predicted octanol–water partition coefficient (Wildman–Crippen LogP) is 3.82. The van der Waals surface area contributed by atoms with E-state index in [0.717, 1.165) is 21.7 Å². The van der Waals surface area contributed by atoms with E-state index in [0.29, 0.717) is 36.0 Å². The minimum Gasteiger partial charge on any atom is -0.490 e. The van der Waals surface area contributed by atoms with Crippen LogP contribution in [0.4, 0.5) is 5.69 Å². The Balaban J connectivity index is 1.63. The summed E-state index contributed by atoms with van der Waals surface area (Å²) in [4.78, 5) is 12.4. The van der Waals surface area contributed by atoms with Crippen LogP contribution in [0.3, 0.4) is 0 Å². The number of benzene rings is 3. The number of carbonyl (C=O) groups is 1. The van der Waals surface area contributed by atoms with E-state index in [1.807, 2.05) is 43.3 Å². The molecule has 0 aliphatic carbocycles. The summed E-state index contributed by atoms with van der Waals surface area (Å²) in [5, 5.41) is 4.01. The highest BCUT2D eigenvalue weighted by atomic mass is 32.2. The van der Waals surface area contributed by atoms with Crippen molar-refractivity contribution in [2.24, 2.45) is 5.10 Å². The summed E-state index contributed by atoms with van der Waals surface area (Å²) in [5.74, 6) is 0.781. The number of carbonyl (C=O) groups excluding carboxylic acids is 1. The molecule has 3 aromatic carbocycles. The van der Waals surface area contributed by atoms with Crippen LogP contribution in [-0.2, 0) is 16.6 Å². The Labute approximate surface area is 199 Å². The van der Waals surface area contributed by atoms with Crippen LogP contribution in [0, 0.1) is 0 Å². The fourth-order valence-corrected chi connectivity index (χ4v) is 3.48. The van der Waals surface area contributed by atoms with E-state index in [9.17, 15) is 13.2 Å². The molecule has 0 atom stereocenters. The molecule has 1 N–H and O–H groups in total. The number of amides is 1. The monoisotopic (exact) mass is 481 g/mol. The van der Waals surface area contributed by atoms with Crippen molar-refractivity contribution in [1.29, 1.82) is 0 Å². The number of sulfonamides is 1. The number of rotatable bonds is 10. The van der Waals surface area contributed by atoms with Crippen molar-refractivity contribution < 1.29 is 22.7 Å². The lowest BCUT2D eigenvalue weighted by molar-refractivity contribution is 0.0955. The summed E-state index contributed by atoms with van der Waals surface area (Å²) < 4.78 is 36.0. The van der Waals surface area contributed by atoms with Crippen molar-refractivity contribution in [3.63, 3.8) is 0 Å². The molecular weight excluding hydrogens is 454 g/mol. The first-order valence-corrected chi connectivity index (χ1v) is 12.4. The summed E-state index contributed by atoms with van der Waals surface area (Å²) in [6.07, 6.45) is 2.62. The molecule has 0 bridgehead atoms. The maximum absolute atomic E-state index is 12.4. The van der Waals surface area contributed by atoms with Gasteiger partial charge in [-0.15, -0.1) is 0 Å². The van der Waals surface area contributed by atoms with Crippen LogP contribution in [0.5, 0.6) is 11.5 Å². The van der Waals surface area contributed by atoms with Gasteiger partial charge in [-0.25, -0.2) is 13.8 Å². The SMILES string of the molecule is CCOc1cc(/C=N\NC(=O)c2ccc(N(C)S(C)(=O)=O)cc2)ccc1OCc1ccccc1. The van der Waals surface area contributed by atoms with Crippen LogP contribution in [0.2, 0.25) is 0 Å². The smallest absolute Gasteiger partial charge is 0.271 e. The van der Waals surface area contributed by atoms with Crippen molar-refractivity contribution in [1.82, 2.24) is 5.43 Å². The minimum absolute atomic E-state index is 0.350. The van der Waals surface area contributed by atoms with Crippen molar-refractivity contribution in [3.8, 4) is 11.5 Å². The van der Waals surface area contributed by atoms with E-state index in [-0.39, 0.29) is 0 Å². The maximum Gasteiger partial charge on any atom is 0.271 e. The summed E-state index contributed by atoms with van der Waals surface area (Å²) >= 11 is 0. The largest absolute Gasteiger partial charge is 0.490 e. The molecular formula is C25H27N3O5S. The first-order valence-electron chi connectivity index (χ1n) is 10.6. The van der Waals surface area contributed by atoms with Gasteiger partial charge in [0, 0.05) is 12.6 Å². The van der Waals surface area contributed by atoms with Crippen molar-refractivity contribution in [3.05, 3.63) is 89.5 Å². The molecule has 9 heteroatoms. The molecule has 0 aliphatic rings. The number of ether oxygens (including phenoxy) is 2. The second-order valence-corrected chi connectivity index (χ2v) is 9.40. The van der Waals surface area contributed by atoms with E-state index >= 15 is 0 Å². The minimum atomic E-state index is -3.37.